The number of hydrogen-bond acceptors (Lipinski definition) is 3. The minimum absolute atomic E-state index is 0.0309. The van der Waals surface area contributed by atoms with E-state index in [4.69, 9.17) is 4.98 Å². The molecule has 4 nitrogen and oxygen atoms in total. The van der Waals surface area contributed by atoms with E-state index in [-0.39, 0.29) is 5.91 Å². The van der Waals surface area contributed by atoms with Gasteiger partial charge in [-0.2, -0.15) is 0 Å². The van der Waals surface area contributed by atoms with Crippen LogP contribution in [0.25, 0.3) is 32.9 Å². The van der Waals surface area contributed by atoms with Crippen molar-refractivity contribution in [2.75, 3.05) is 13.6 Å². The number of nitrogens with zero attached hydrogens (tertiary/aromatic N) is 3. The zero-order valence-electron chi connectivity index (χ0n) is 19.1. The molecule has 0 aliphatic rings. The van der Waals surface area contributed by atoms with E-state index in [0.717, 1.165) is 45.9 Å². The van der Waals surface area contributed by atoms with E-state index in [9.17, 15) is 4.79 Å². The summed E-state index contributed by atoms with van der Waals surface area (Å²) in [6.07, 6.45) is 9.06. The highest BCUT2D eigenvalue weighted by molar-refractivity contribution is 6.11. The van der Waals surface area contributed by atoms with Crippen LogP contribution in [0, 0.1) is 0 Å². The first kappa shape index (κ1) is 21.9. The number of pyridine rings is 2. The van der Waals surface area contributed by atoms with Crippen LogP contribution < -0.4 is 0 Å². The molecule has 2 aromatic heterocycles. The van der Waals surface area contributed by atoms with Crippen molar-refractivity contribution in [1.29, 1.82) is 0 Å². The number of unbranched alkanes of at least 4 members (excludes halogenated alkanes) is 5. The van der Waals surface area contributed by atoms with E-state index in [2.05, 4.69) is 36.2 Å². The third-order valence-electron chi connectivity index (χ3n) is 6.05. The van der Waals surface area contributed by atoms with Crippen molar-refractivity contribution in [3.8, 4) is 11.1 Å². The highest BCUT2D eigenvalue weighted by atomic mass is 16.2. The Bertz CT molecular complexity index is 1200. The molecule has 0 unspecified atom stereocenters. The average Bonchev–Trinajstić information content (AvgIpc) is 2.85. The maximum Gasteiger partial charge on any atom is 0.272 e. The van der Waals surface area contributed by atoms with Crippen LogP contribution in [0.2, 0.25) is 0 Å². The molecule has 0 fully saturated rings. The molecular formula is C28H31N3O. The Morgan fingerprint density at radius 3 is 2.47 bits per heavy atom. The first-order chi connectivity index (χ1) is 15.7. The summed E-state index contributed by atoms with van der Waals surface area (Å²) in [5.41, 5.74) is 4.36. The van der Waals surface area contributed by atoms with Crippen LogP contribution >= 0.6 is 0 Å². The molecule has 4 rings (SSSR count). The molecule has 0 N–H and O–H groups in total. The molecule has 0 saturated carbocycles. The molecule has 0 aliphatic heterocycles. The van der Waals surface area contributed by atoms with Gasteiger partial charge in [0.25, 0.3) is 5.91 Å². The number of amides is 1. The monoisotopic (exact) mass is 425 g/mol. The molecule has 32 heavy (non-hydrogen) atoms. The van der Waals surface area contributed by atoms with Gasteiger partial charge in [0.2, 0.25) is 0 Å². The predicted octanol–water partition coefficient (Wildman–Crippen LogP) is 6.88. The Kier molecular flexibility index (Phi) is 7.10. The number of benzene rings is 2. The maximum absolute atomic E-state index is 13.0. The number of aromatic nitrogens is 2. The fourth-order valence-electron chi connectivity index (χ4n) is 4.22. The Morgan fingerprint density at radius 1 is 0.875 bits per heavy atom. The van der Waals surface area contributed by atoms with Crippen LogP contribution in [0.3, 0.4) is 0 Å². The number of carbonyl (C=O) groups is 1. The summed E-state index contributed by atoms with van der Waals surface area (Å²) < 4.78 is 0. The molecule has 164 valence electrons. The van der Waals surface area contributed by atoms with Gasteiger partial charge in [-0.3, -0.25) is 9.78 Å². The summed E-state index contributed by atoms with van der Waals surface area (Å²) in [7, 11) is 1.87. The molecule has 0 atom stereocenters. The fourth-order valence-corrected chi connectivity index (χ4v) is 4.22. The van der Waals surface area contributed by atoms with E-state index in [1.54, 1.807) is 11.1 Å². The van der Waals surface area contributed by atoms with Crippen molar-refractivity contribution in [3.05, 3.63) is 72.6 Å². The number of carbonyl (C=O) groups excluding carboxylic acids is 1. The Balaban J connectivity index is 1.60. The van der Waals surface area contributed by atoms with E-state index in [0.29, 0.717) is 5.69 Å². The molecule has 1 amide bonds. The molecule has 4 aromatic rings. The second-order valence-electron chi connectivity index (χ2n) is 8.45. The zero-order valence-corrected chi connectivity index (χ0v) is 19.1. The number of rotatable bonds is 9. The molecule has 4 heteroatoms. The molecule has 0 radical (unpaired) electrons. The van der Waals surface area contributed by atoms with Gasteiger partial charge in [-0.25, -0.2) is 4.98 Å². The molecule has 0 bridgehead atoms. The number of hydrogen-bond donors (Lipinski definition) is 0. The van der Waals surface area contributed by atoms with Gasteiger partial charge in [0.05, 0.1) is 11.0 Å². The Labute approximate surface area is 190 Å². The van der Waals surface area contributed by atoms with Crippen molar-refractivity contribution < 1.29 is 4.79 Å². The highest BCUT2D eigenvalue weighted by Gasteiger charge is 2.16. The van der Waals surface area contributed by atoms with Crippen LogP contribution in [-0.4, -0.2) is 34.4 Å². The van der Waals surface area contributed by atoms with Crippen LogP contribution in [0.1, 0.15) is 55.9 Å². The van der Waals surface area contributed by atoms with Gasteiger partial charge in [0.15, 0.2) is 0 Å². The molecule has 0 aliphatic carbocycles. The van der Waals surface area contributed by atoms with Gasteiger partial charge < -0.3 is 4.90 Å². The third-order valence-corrected chi connectivity index (χ3v) is 6.05. The minimum Gasteiger partial charge on any atom is -0.340 e. The van der Waals surface area contributed by atoms with Crippen LogP contribution in [-0.2, 0) is 0 Å². The summed E-state index contributed by atoms with van der Waals surface area (Å²) in [6.45, 7) is 2.99. The maximum atomic E-state index is 13.0. The molecule has 0 saturated heterocycles. The van der Waals surface area contributed by atoms with Crippen molar-refractivity contribution in [2.45, 2.75) is 45.4 Å². The van der Waals surface area contributed by atoms with Crippen LogP contribution in [0.5, 0.6) is 0 Å². The van der Waals surface area contributed by atoms with E-state index in [1.165, 1.54) is 32.1 Å². The lowest BCUT2D eigenvalue weighted by Crippen LogP contribution is -2.28. The van der Waals surface area contributed by atoms with Gasteiger partial charge >= 0.3 is 0 Å². The van der Waals surface area contributed by atoms with E-state index in [1.807, 2.05) is 43.4 Å². The number of fused-ring (bicyclic) bond motifs is 3. The lowest BCUT2D eigenvalue weighted by Gasteiger charge is -2.17. The molecule has 0 spiro atoms. The Hall–Kier alpha value is -3.27. The topological polar surface area (TPSA) is 46.1 Å². The van der Waals surface area contributed by atoms with E-state index >= 15 is 0 Å². The predicted molar refractivity (Wildman–Crippen MR) is 133 cm³/mol. The second-order valence-corrected chi connectivity index (χ2v) is 8.45. The second kappa shape index (κ2) is 10.4. The average molecular weight is 426 g/mol. The largest absolute Gasteiger partial charge is 0.340 e. The first-order valence-corrected chi connectivity index (χ1v) is 11.7. The molecule has 2 heterocycles. The van der Waals surface area contributed by atoms with Gasteiger partial charge in [-0.1, -0.05) is 81.5 Å². The quantitative estimate of drug-likeness (QED) is 0.217. The highest BCUT2D eigenvalue weighted by Crippen LogP contribution is 2.33. The smallest absolute Gasteiger partial charge is 0.272 e. The van der Waals surface area contributed by atoms with Gasteiger partial charge in [0, 0.05) is 30.6 Å². The first-order valence-electron chi connectivity index (χ1n) is 11.7. The van der Waals surface area contributed by atoms with Crippen molar-refractivity contribution in [2.24, 2.45) is 0 Å². The van der Waals surface area contributed by atoms with Crippen LogP contribution in [0.15, 0.2) is 66.9 Å². The SMILES string of the molecule is CCCCCCCCN(C)C(=O)c1ccc2cc(-c3ccccc3)c3cccnc3c2n1. The van der Waals surface area contributed by atoms with Crippen molar-refractivity contribution >= 4 is 27.7 Å². The summed E-state index contributed by atoms with van der Waals surface area (Å²) in [4.78, 5) is 24.2. The van der Waals surface area contributed by atoms with Gasteiger partial charge in [-0.05, 0) is 35.7 Å². The van der Waals surface area contributed by atoms with E-state index < -0.39 is 0 Å². The lowest BCUT2D eigenvalue weighted by molar-refractivity contribution is 0.0787. The zero-order chi connectivity index (χ0) is 22.3. The minimum atomic E-state index is -0.0309. The van der Waals surface area contributed by atoms with Crippen molar-refractivity contribution in [3.63, 3.8) is 0 Å². The summed E-state index contributed by atoms with van der Waals surface area (Å²) >= 11 is 0. The Morgan fingerprint density at radius 2 is 1.66 bits per heavy atom. The normalized spacial score (nSPS) is 11.2. The lowest BCUT2D eigenvalue weighted by atomic mass is 9.97. The van der Waals surface area contributed by atoms with Gasteiger partial charge in [-0.15, -0.1) is 0 Å². The third kappa shape index (κ3) is 4.80. The standard InChI is InChI=1S/C28H31N3O/c1-3-4-5-6-7-11-19-31(2)28(32)25-17-16-22-20-24(21-13-9-8-10-14-21)23-15-12-18-29-27(23)26(22)30-25/h8-10,12-18,20H,3-7,11,19H2,1-2H3. The van der Waals surface area contributed by atoms with Crippen LogP contribution in [0.4, 0.5) is 0 Å². The summed E-state index contributed by atoms with van der Waals surface area (Å²) in [5.74, 6) is -0.0309. The fraction of sp³-hybridized carbons (Fsp3) is 0.321. The molecule has 2 aromatic carbocycles. The summed E-state index contributed by atoms with van der Waals surface area (Å²) in [6, 6.07) is 20.3. The van der Waals surface area contributed by atoms with Gasteiger partial charge in [0.1, 0.15) is 5.69 Å². The molecular weight excluding hydrogens is 394 g/mol. The summed E-state index contributed by atoms with van der Waals surface area (Å²) in [5, 5.41) is 2.04. The van der Waals surface area contributed by atoms with Crippen molar-refractivity contribution in [1.82, 2.24) is 14.9 Å².